The van der Waals surface area contributed by atoms with Gasteiger partial charge in [0.15, 0.2) is 0 Å². The average molecular weight is 568 g/mol. The predicted molar refractivity (Wildman–Crippen MR) is 130 cm³/mol. The fourth-order valence-corrected chi connectivity index (χ4v) is 6.64. The minimum atomic E-state index is -0.446. The molecule has 0 unspecified atom stereocenters. The van der Waals surface area contributed by atoms with E-state index in [0.29, 0.717) is 16.0 Å². The van der Waals surface area contributed by atoms with Crippen molar-refractivity contribution in [3.8, 4) is 0 Å². The molecule has 0 heterocycles. The van der Waals surface area contributed by atoms with Crippen LogP contribution in [0, 0.1) is 0 Å². The van der Waals surface area contributed by atoms with Gasteiger partial charge in [0.05, 0.1) is 0 Å². The molecule has 0 aromatic heterocycles. The first-order valence-corrected chi connectivity index (χ1v) is 15.1. The van der Waals surface area contributed by atoms with E-state index >= 15 is 0 Å². The second-order valence-electron chi connectivity index (χ2n) is 6.43. The van der Waals surface area contributed by atoms with Gasteiger partial charge in [-0.3, -0.25) is 0 Å². The topological polar surface area (TPSA) is 17.1 Å². The van der Waals surface area contributed by atoms with Gasteiger partial charge in [0.1, 0.15) is 0 Å². The van der Waals surface area contributed by atoms with Crippen molar-refractivity contribution in [2.24, 2.45) is 0 Å². The molecular weight excluding hydrogens is 546 g/mol. The number of carbonyl (C=O) groups is 1. The van der Waals surface area contributed by atoms with E-state index in [0.717, 1.165) is 5.56 Å². The van der Waals surface area contributed by atoms with Gasteiger partial charge in [-0.1, -0.05) is 91.0 Å². The minimum absolute atomic E-state index is 0.122. The second kappa shape index (κ2) is 12.1. The van der Waals surface area contributed by atoms with Gasteiger partial charge in [-0.25, -0.2) is 0 Å². The van der Waals surface area contributed by atoms with Crippen LogP contribution < -0.4 is 19.9 Å². The van der Waals surface area contributed by atoms with Crippen LogP contribution in [0.1, 0.15) is 17.3 Å². The van der Waals surface area contributed by atoms with Crippen LogP contribution in [0.2, 0.25) is 0 Å². The molecule has 0 fully saturated rings. The molecule has 0 atom stereocenters. The molecule has 4 aromatic carbocycles. The number of hydrogen-bond donors (Lipinski definition) is 0. The zero-order chi connectivity index (χ0) is 21.2. The van der Waals surface area contributed by atoms with Crippen molar-refractivity contribution in [1.82, 2.24) is 0 Å². The quantitative estimate of drug-likeness (QED) is 0.181. The summed E-state index contributed by atoms with van der Waals surface area (Å²) in [5, 5.41) is 4.19. The zero-order valence-electron chi connectivity index (χ0n) is 16.5. The second-order valence-corrected chi connectivity index (χ2v) is 11.3. The molecule has 30 heavy (non-hydrogen) atoms. The van der Waals surface area contributed by atoms with Gasteiger partial charge in [0, 0.05) is 0 Å². The Bertz CT molecular complexity index is 945. The Kier molecular flexibility index (Phi) is 9.19. The molecule has 0 aliphatic carbocycles. The molecule has 0 aliphatic rings. The fourth-order valence-electron chi connectivity index (χ4n) is 2.89. The maximum Gasteiger partial charge on any atom is -0.0134 e. The van der Waals surface area contributed by atoms with E-state index in [4.69, 9.17) is 0 Å². The molecule has 0 N–H and O–H groups in total. The molecule has 0 spiro atoms. The third kappa shape index (κ3) is 6.56. The molecule has 4 rings (SSSR count). The first-order valence-electron chi connectivity index (χ1n) is 9.46. The number of ketones is 1. The molecule has 0 saturated carbocycles. The van der Waals surface area contributed by atoms with Crippen LogP contribution in [-0.2, 0) is 16.0 Å². The summed E-state index contributed by atoms with van der Waals surface area (Å²) in [4.78, 5) is 10.8. The summed E-state index contributed by atoms with van der Waals surface area (Å²) < 4.78 is 1.24. The molecule has 0 bridgehead atoms. The molecule has 4 aromatic rings. The number of hydrogen-bond acceptors (Lipinski definition) is 1. The molecule has 1 nitrogen and oxygen atoms in total. The van der Waals surface area contributed by atoms with Gasteiger partial charge < -0.3 is 0 Å². The predicted octanol–water partition coefficient (Wildman–Crippen LogP) is 5.35. The zero-order valence-corrected chi connectivity index (χ0v) is 20.6. The van der Waals surface area contributed by atoms with Crippen molar-refractivity contribution in [1.29, 1.82) is 0 Å². The van der Waals surface area contributed by atoms with Gasteiger partial charge in [-0.05, 0) is 23.8 Å². The van der Waals surface area contributed by atoms with E-state index < -0.39 is 7.92 Å². The molecule has 0 saturated heterocycles. The SMILES string of the molecule is CC(=O)c1cc[c]([Pd][Br])cc1.c1ccc(P(c2ccccc2)c2ccccc2)cc1. The Morgan fingerprint density at radius 1 is 0.633 bits per heavy atom. The van der Waals surface area contributed by atoms with E-state index in [1.54, 1.807) is 6.92 Å². The molecule has 4 heteroatoms. The third-order valence-electron chi connectivity index (χ3n) is 4.34. The Hall–Kier alpha value is -1.88. The standard InChI is InChI=1S/C18H15P.C8H7O.BrH.Pd/c1-4-10-16(11-5-1)19(17-12-6-2-7-13-17)18-14-8-3-9-15-18;1-7(9)8-5-3-2-4-6-8;;/h1-15H;3-6H,1H3;1H;/q;;;+1/p-1. The fraction of sp³-hybridized carbons (Fsp3) is 0.0385. The van der Waals surface area contributed by atoms with Gasteiger partial charge in [0.2, 0.25) is 0 Å². The Morgan fingerprint density at radius 2 is 1.00 bits per heavy atom. The van der Waals surface area contributed by atoms with E-state index in [1.165, 1.54) is 19.9 Å². The minimum Gasteiger partial charge on any atom is -0.0622 e. The average Bonchev–Trinajstić information content (AvgIpc) is 2.82. The normalized spacial score (nSPS) is 10.4. The van der Waals surface area contributed by atoms with Crippen LogP contribution in [0.4, 0.5) is 0 Å². The van der Waals surface area contributed by atoms with Gasteiger partial charge in [0.25, 0.3) is 0 Å². The van der Waals surface area contributed by atoms with Crippen molar-refractivity contribution in [3.63, 3.8) is 0 Å². The number of halogens is 1. The first kappa shape index (κ1) is 22.8. The van der Waals surface area contributed by atoms with Crippen LogP contribution in [0.15, 0.2) is 115 Å². The number of rotatable bonds is 5. The summed E-state index contributed by atoms with van der Waals surface area (Å²) >= 11 is 3.83. The number of benzene rings is 4. The molecule has 154 valence electrons. The Labute approximate surface area is 194 Å². The largest absolute Gasteiger partial charge is 0.0622 e. The van der Waals surface area contributed by atoms with Crippen molar-refractivity contribution in [2.75, 3.05) is 0 Å². The summed E-state index contributed by atoms with van der Waals surface area (Å²) in [6, 6.07) is 40.0. The molecule has 0 radical (unpaired) electrons. The maximum atomic E-state index is 10.8. The van der Waals surface area contributed by atoms with Gasteiger partial charge >= 0.3 is 80.8 Å². The molecule has 0 aliphatic heterocycles. The van der Waals surface area contributed by atoms with E-state index in [2.05, 4.69) is 104 Å². The molecular formula is C26H22BrOPPd. The summed E-state index contributed by atoms with van der Waals surface area (Å²) in [6.07, 6.45) is 0. The third-order valence-corrected chi connectivity index (χ3v) is 9.36. The van der Waals surface area contributed by atoms with Crippen LogP contribution in [0.3, 0.4) is 0 Å². The summed E-state index contributed by atoms with van der Waals surface area (Å²) in [7, 11) is -0.446. The number of carbonyl (C=O) groups excluding carboxylic acids is 1. The monoisotopic (exact) mass is 566 g/mol. The van der Waals surface area contributed by atoms with E-state index in [9.17, 15) is 4.79 Å². The van der Waals surface area contributed by atoms with E-state index in [-0.39, 0.29) is 5.78 Å². The van der Waals surface area contributed by atoms with Crippen LogP contribution in [0.25, 0.3) is 0 Å². The van der Waals surface area contributed by atoms with Crippen molar-refractivity contribution >= 4 is 47.1 Å². The Balaban J connectivity index is 0.000000199. The summed E-state index contributed by atoms with van der Waals surface area (Å²) in [5.74, 6) is 0.122. The van der Waals surface area contributed by atoms with E-state index in [1.807, 2.05) is 24.3 Å². The van der Waals surface area contributed by atoms with Gasteiger partial charge in [-0.15, -0.1) is 0 Å². The smallest absolute Gasteiger partial charge is 0.0134 e. The summed E-state index contributed by atoms with van der Waals surface area (Å²) in [6.45, 7) is 1.58. The van der Waals surface area contributed by atoms with Crippen molar-refractivity contribution < 1.29 is 20.8 Å². The Morgan fingerprint density at radius 3 is 1.30 bits per heavy atom. The van der Waals surface area contributed by atoms with Crippen molar-refractivity contribution in [3.05, 3.63) is 121 Å². The maximum absolute atomic E-state index is 10.8. The molecule has 0 amide bonds. The van der Waals surface area contributed by atoms with Gasteiger partial charge in [-0.2, -0.15) is 0 Å². The van der Waals surface area contributed by atoms with Crippen LogP contribution >= 0.6 is 21.4 Å². The first-order chi connectivity index (χ1) is 14.7. The van der Waals surface area contributed by atoms with Crippen LogP contribution in [0.5, 0.6) is 0 Å². The summed E-state index contributed by atoms with van der Waals surface area (Å²) in [5.41, 5.74) is 0.781. The van der Waals surface area contributed by atoms with Crippen molar-refractivity contribution in [2.45, 2.75) is 6.92 Å². The van der Waals surface area contributed by atoms with Crippen LogP contribution in [-0.4, -0.2) is 5.78 Å². The number of Topliss-reactive ketones (excluding diaryl/α,β-unsaturated/α-hetero) is 1.